The van der Waals surface area contributed by atoms with Gasteiger partial charge in [-0.1, -0.05) is 78.6 Å². The van der Waals surface area contributed by atoms with Gasteiger partial charge in [-0.3, -0.25) is 14.5 Å². The van der Waals surface area contributed by atoms with Crippen molar-refractivity contribution < 1.29 is 9.59 Å². The van der Waals surface area contributed by atoms with Gasteiger partial charge in [0.1, 0.15) is 4.32 Å². The Morgan fingerprint density at radius 1 is 1.14 bits per heavy atom. The van der Waals surface area contributed by atoms with E-state index < -0.39 is 0 Å². The van der Waals surface area contributed by atoms with Crippen LogP contribution in [0.5, 0.6) is 0 Å². The smallest absolute Gasteiger partial charge is 0.266 e. The minimum atomic E-state index is -0.107. The number of rotatable bonds is 7. The topological polar surface area (TPSA) is 49.4 Å². The molecule has 0 aliphatic carbocycles. The minimum Gasteiger partial charge on any atom is -0.325 e. The molecule has 0 radical (unpaired) electrons. The Morgan fingerprint density at radius 3 is 2.62 bits per heavy atom. The molecule has 1 heterocycles. The molecule has 1 fully saturated rings. The van der Waals surface area contributed by atoms with E-state index in [0.29, 0.717) is 28.6 Å². The molecule has 3 rings (SSSR count). The number of anilines is 1. The highest BCUT2D eigenvalue weighted by Crippen LogP contribution is 2.31. The van der Waals surface area contributed by atoms with Gasteiger partial charge in [0.2, 0.25) is 5.91 Å². The first-order chi connectivity index (χ1) is 14.0. The van der Waals surface area contributed by atoms with Crippen molar-refractivity contribution in [2.45, 2.75) is 12.8 Å². The van der Waals surface area contributed by atoms with Crippen molar-refractivity contribution >= 4 is 67.8 Å². The van der Waals surface area contributed by atoms with Gasteiger partial charge < -0.3 is 5.32 Å². The molecule has 0 saturated carbocycles. The molecule has 2 aromatic rings. The van der Waals surface area contributed by atoms with Crippen LogP contribution in [0.25, 0.3) is 6.08 Å². The van der Waals surface area contributed by atoms with Crippen LogP contribution in [0.2, 0.25) is 0 Å². The van der Waals surface area contributed by atoms with Gasteiger partial charge in [-0.25, -0.2) is 0 Å². The Kier molecular flexibility index (Phi) is 7.80. The normalized spacial score (nSPS) is 15.5. The van der Waals surface area contributed by atoms with Crippen LogP contribution in [-0.2, 0) is 9.59 Å². The number of amides is 2. The monoisotopic (exact) mass is 486 g/mol. The average molecular weight is 487 g/mol. The number of halogens is 1. The molecule has 1 N–H and O–H groups in total. The fourth-order valence-electron chi connectivity index (χ4n) is 2.69. The lowest BCUT2D eigenvalue weighted by atomic mass is 10.2. The fourth-order valence-corrected chi connectivity index (χ4v) is 4.33. The van der Waals surface area contributed by atoms with Gasteiger partial charge in [0.15, 0.2) is 0 Å². The number of hydrogen-bond acceptors (Lipinski definition) is 4. The number of nitrogens with one attached hydrogen (secondary N) is 1. The lowest BCUT2D eigenvalue weighted by molar-refractivity contribution is -0.122. The second-order valence-corrected chi connectivity index (χ2v) is 8.79. The van der Waals surface area contributed by atoms with Crippen LogP contribution >= 0.6 is 39.9 Å². The second-order valence-electron chi connectivity index (χ2n) is 6.26. The zero-order valence-corrected chi connectivity index (χ0v) is 18.7. The van der Waals surface area contributed by atoms with Crippen LogP contribution in [0.4, 0.5) is 5.69 Å². The van der Waals surface area contributed by atoms with Gasteiger partial charge in [0.25, 0.3) is 5.91 Å². The molecule has 0 atom stereocenters. The highest BCUT2D eigenvalue weighted by molar-refractivity contribution is 9.10. The van der Waals surface area contributed by atoms with Crippen LogP contribution < -0.4 is 5.32 Å². The number of carbonyl (C=O) groups excluding carboxylic acids is 2. The molecule has 2 aromatic carbocycles. The molecule has 1 aliphatic rings. The van der Waals surface area contributed by atoms with E-state index in [1.807, 2.05) is 66.7 Å². The Morgan fingerprint density at radius 2 is 1.86 bits per heavy atom. The summed E-state index contributed by atoms with van der Waals surface area (Å²) in [5.41, 5.74) is 1.80. The maximum absolute atomic E-state index is 12.6. The van der Waals surface area contributed by atoms with Crippen molar-refractivity contribution in [1.82, 2.24) is 4.90 Å². The van der Waals surface area contributed by atoms with E-state index in [0.717, 1.165) is 15.7 Å². The zero-order valence-electron chi connectivity index (χ0n) is 15.5. The van der Waals surface area contributed by atoms with Crippen LogP contribution in [0.3, 0.4) is 0 Å². The highest BCUT2D eigenvalue weighted by atomic mass is 79.9. The lowest BCUT2D eigenvalue weighted by Crippen LogP contribution is -2.29. The molecule has 1 aliphatic heterocycles. The Hall–Kier alpha value is -2.22. The molecule has 0 unspecified atom stereocenters. The number of benzene rings is 2. The van der Waals surface area contributed by atoms with E-state index in [4.69, 9.17) is 12.2 Å². The van der Waals surface area contributed by atoms with Gasteiger partial charge in [-0.05, 0) is 46.1 Å². The van der Waals surface area contributed by atoms with E-state index in [1.165, 1.54) is 11.8 Å². The van der Waals surface area contributed by atoms with Crippen molar-refractivity contribution in [2.24, 2.45) is 0 Å². The second kappa shape index (κ2) is 10.5. The molecule has 148 valence electrons. The maximum Gasteiger partial charge on any atom is 0.266 e. The summed E-state index contributed by atoms with van der Waals surface area (Å²) in [5, 5.41) is 2.86. The van der Waals surface area contributed by atoms with Crippen LogP contribution in [0.1, 0.15) is 18.4 Å². The molecule has 4 nitrogen and oxygen atoms in total. The van der Waals surface area contributed by atoms with Gasteiger partial charge >= 0.3 is 0 Å². The molecular weight excluding hydrogens is 468 g/mol. The summed E-state index contributed by atoms with van der Waals surface area (Å²) in [6.45, 7) is 0.424. The summed E-state index contributed by atoms with van der Waals surface area (Å²) < 4.78 is 1.36. The molecule has 1 saturated heterocycles. The number of allylic oxidation sites excluding steroid dienone is 2. The van der Waals surface area contributed by atoms with Crippen molar-refractivity contribution in [3.8, 4) is 0 Å². The first kappa shape index (κ1) is 21.5. The molecule has 0 aromatic heterocycles. The molecule has 2 amide bonds. The predicted molar refractivity (Wildman–Crippen MR) is 127 cm³/mol. The highest BCUT2D eigenvalue weighted by Gasteiger charge is 2.31. The van der Waals surface area contributed by atoms with E-state index in [1.54, 1.807) is 11.0 Å². The first-order valence-corrected chi connectivity index (χ1v) is 11.1. The number of nitrogens with zero attached hydrogens (tertiary/aromatic N) is 1. The third kappa shape index (κ3) is 6.13. The van der Waals surface area contributed by atoms with Crippen molar-refractivity contribution in [3.05, 3.63) is 81.7 Å². The number of para-hydroxylation sites is 1. The van der Waals surface area contributed by atoms with Crippen LogP contribution in [-0.4, -0.2) is 27.6 Å². The van der Waals surface area contributed by atoms with Crippen LogP contribution in [0.15, 0.2) is 76.1 Å². The third-order valence-electron chi connectivity index (χ3n) is 4.14. The van der Waals surface area contributed by atoms with Gasteiger partial charge in [0, 0.05) is 17.4 Å². The Labute approximate surface area is 188 Å². The summed E-state index contributed by atoms with van der Waals surface area (Å²) in [7, 11) is 0. The van der Waals surface area contributed by atoms with Crippen molar-refractivity contribution in [1.29, 1.82) is 0 Å². The average Bonchev–Trinajstić information content (AvgIpc) is 2.98. The number of thiocarbonyl (C=S) groups is 1. The van der Waals surface area contributed by atoms with E-state index in [-0.39, 0.29) is 11.8 Å². The molecule has 0 spiro atoms. The van der Waals surface area contributed by atoms with Gasteiger partial charge in [-0.2, -0.15) is 0 Å². The van der Waals surface area contributed by atoms with E-state index in [2.05, 4.69) is 21.2 Å². The molecule has 7 heteroatoms. The predicted octanol–water partition coefficient (Wildman–Crippen LogP) is 5.63. The van der Waals surface area contributed by atoms with E-state index in [9.17, 15) is 9.59 Å². The Balaban J connectivity index is 1.50. The number of hydrogen-bond donors (Lipinski definition) is 1. The lowest BCUT2D eigenvalue weighted by Gasteiger charge is -2.14. The molecule has 0 bridgehead atoms. The maximum atomic E-state index is 12.6. The molecule has 29 heavy (non-hydrogen) atoms. The van der Waals surface area contributed by atoms with Crippen molar-refractivity contribution in [2.75, 3.05) is 11.9 Å². The summed E-state index contributed by atoms with van der Waals surface area (Å²) in [5.74, 6) is -0.201. The first-order valence-electron chi connectivity index (χ1n) is 9.06. The summed E-state index contributed by atoms with van der Waals surface area (Å²) in [4.78, 5) is 26.9. The van der Waals surface area contributed by atoms with Crippen LogP contribution in [0, 0.1) is 0 Å². The SMILES string of the molecule is O=C(CCCN1C(=O)/C(=C/C=C/c2ccccc2)SC1=S)Nc1ccccc1Br. The standard InChI is InChI=1S/C22H19BrN2O2S2/c23-17-11-4-5-12-18(17)24-20(26)14-7-15-25-21(27)19(29-22(25)28)13-6-10-16-8-2-1-3-9-16/h1-6,8-13H,7,14-15H2,(H,24,26)/b10-6+,19-13-. The quantitative estimate of drug-likeness (QED) is 0.407. The summed E-state index contributed by atoms with van der Waals surface area (Å²) in [6, 6.07) is 17.3. The minimum absolute atomic E-state index is 0.0938. The molecular formula is C22H19BrN2O2S2. The summed E-state index contributed by atoms with van der Waals surface area (Å²) in [6.07, 6.45) is 6.43. The zero-order chi connectivity index (χ0) is 20.6. The van der Waals surface area contributed by atoms with Crippen molar-refractivity contribution in [3.63, 3.8) is 0 Å². The third-order valence-corrected chi connectivity index (χ3v) is 6.23. The van der Waals surface area contributed by atoms with Gasteiger partial charge in [-0.15, -0.1) is 0 Å². The fraction of sp³-hybridized carbons (Fsp3) is 0.136. The number of carbonyl (C=O) groups is 2. The van der Waals surface area contributed by atoms with E-state index >= 15 is 0 Å². The van der Waals surface area contributed by atoms with Gasteiger partial charge in [0.05, 0.1) is 10.6 Å². The largest absolute Gasteiger partial charge is 0.325 e. The Bertz CT molecular complexity index is 974. The summed E-state index contributed by atoms with van der Waals surface area (Å²) >= 11 is 10.0. The number of thioether (sulfide) groups is 1.